The summed E-state index contributed by atoms with van der Waals surface area (Å²) in [6.07, 6.45) is -3.49. The predicted octanol–water partition coefficient (Wildman–Crippen LogP) is 2.77. The number of alkyl halides is 3. The fraction of sp³-hybridized carbons (Fsp3) is 0.455. The molecule has 0 aliphatic rings. The normalized spacial score (nSPS) is 11.6. The molecule has 0 saturated heterocycles. The van der Waals surface area contributed by atoms with Crippen LogP contribution in [0.15, 0.2) is 18.2 Å². The van der Waals surface area contributed by atoms with Crippen LogP contribution in [0.2, 0.25) is 0 Å². The van der Waals surface area contributed by atoms with Crippen molar-refractivity contribution in [3.8, 4) is 0 Å². The molecule has 16 heavy (non-hydrogen) atoms. The molecule has 1 aromatic carbocycles. The van der Waals surface area contributed by atoms with Gasteiger partial charge in [-0.1, -0.05) is 0 Å². The van der Waals surface area contributed by atoms with E-state index < -0.39 is 11.7 Å². The molecule has 0 radical (unpaired) electrons. The van der Waals surface area contributed by atoms with Crippen LogP contribution in [0.25, 0.3) is 0 Å². The molecule has 0 amide bonds. The molecule has 0 aliphatic heterocycles. The Kier molecular flexibility index (Phi) is 4.18. The van der Waals surface area contributed by atoms with E-state index in [0.29, 0.717) is 18.7 Å². The van der Waals surface area contributed by atoms with Crippen LogP contribution in [-0.2, 0) is 6.18 Å². The molecule has 3 N–H and O–H groups in total. The number of hydrogen-bond donors (Lipinski definition) is 2. The Hall–Kier alpha value is -1.23. The molecule has 0 fully saturated rings. The number of nitrogens with one attached hydrogen (secondary N) is 1. The third-order valence-electron chi connectivity index (χ3n) is 2.25. The van der Waals surface area contributed by atoms with Gasteiger partial charge in [0.25, 0.3) is 0 Å². The van der Waals surface area contributed by atoms with E-state index in [1.165, 1.54) is 6.07 Å². The van der Waals surface area contributed by atoms with Gasteiger partial charge in [-0.05, 0) is 43.7 Å². The Morgan fingerprint density at radius 3 is 2.50 bits per heavy atom. The zero-order valence-corrected chi connectivity index (χ0v) is 9.06. The average molecular weight is 232 g/mol. The average Bonchev–Trinajstić information content (AvgIpc) is 2.19. The van der Waals surface area contributed by atoms with Crippen LogP contribution in [0.4, 0.5) is 18.9 Å². The van der Waals surface area contributed by atoms with Crippen LogP contribution in [0.3, 0.4) is 0 Å². The minimum Gasteiger partial charge on any atom is -0.385 e. The monoisotopic (exact) mass is 232 g/mol. The van der Waals surface area contributed by atoms with Crippen LogP contribution in [0.1, 0.15) is 17.5 Å². The van der Waals surface area contributed by atoms with Gasteiger partial charge in [0.15, 0.2) is 0 Å². The van der Waals surface area contributed by atoms with Gasteiger partial charge in [0, 0.05) is 12.2 Å². The SMILES string of the molecule is Cc1cc(C(F)(F)F)ccc1NCCCN. The van der Waals surface area contributed by atoms with Gasteiger partial charge in [-0.25, -0.2) is 0 Å². The molecule has 0 aromatic heterocycles. The van der Waals surface area contributed by atoms with Crippen molar-refractivity contribution < 1.29 is 13.2 Å². The molecule has 0 saturated carbocycles. The largest absolute Gasteiger partial charge is 0.416 e. The first kappa shape index (κ1) is 12.8. The Morgan fingerprint density at radius 1 is 1.31 bits per heavy atom. The second kappa shape index (κ2) is 5.21. The van der Waals surface area contributed by atoms with Gasteiger partial charge in [0.2, 0.25) is 0 Å². The summed E-state index contributed by atoms with van der Waals surface area (Å²) >= 11 is 0. The van der Waals surface area contributed by atoms with Crippen LogP contribution in [0.5, 0.6) is 0 Å². The van der Waals surface area contributed by atoms with E-state index in [-0.39, 0.29) is 0 Å². The molecule has 1 rings (SSSR count). The molecule has 0 spiro atoms. The lowest BCUT2D eigenvalue weighted by Gasteiger charge is -2.12. The standard InChI is InChI=1S/C11H15F3N2/c1-8-7-9(11(12,13)14)3-4-10(8)16-6-2-5-15/h3-4,7,16H,2,5-6,15H2,1H3. The highest BCUT2D eigenvalue weighted by molar-refractivity contribution is 5.52. The molecular formula is C11H15F3N2. The van der Waals surface area contributed by atoms with E-state index >= 15 is 0 Å². The van der Waals surface area contributed by atoms with Gasteiger partial charge < -0.3 is 11.1 Å². The third-order valence-corrected chi connectivity index (χ3v) is 2.25. The van der Waals surface area contributed by atoms with Crippen molar-refractivity contribution >= 4 is 5.69 Å². The van der Waals surface area contributed by atoms with E-state index in [9.17, 15) is 13.2 Å². The summed E-state index contributed by atoms with van der Waals surface area (Å²) in [4.78, 5) is 0. The highest BCUT2D eigenvalue weighted by Crippen LogP contribution is 2.31. The van der Waals surface area contributed by atoms with Crippen molar-refractivity contribution in [3.63, 3.8) is 0 Å². The second-order valence-electron chi connectivity index (χ2n) is 3.60. The maximum atomic E-state index is 12.4. The molecule has 5 heteroatoms. The zero-order chi connectivity index (χ0) is 12.2. The van der Waals surface area contributed by atoms with Crippen LogP contribution in [0, 0.1) is 6.92 Å². The fourth-order valence-corrected chi connectivity index (χ4v) is 1.36. The molecule has 0 bridgehead atoms. The summed E-state index contributed by atoms with van der Waals surface area (Å²) in [5, 5.41) is 3.05. The Bertz CT molecular complexity index is 348. The van der Waals surface area contributed by atoms with E-state index in [0.717, 1.165) is 24.2 Å². The van der Waals surface area contributed by atoms with Crippen molar-refractivity contribution in [1.29, 1.82) is 0 Å². The number of aryl methyl sites for hydroxylation is 1. The van der Waals surface area contributed by atoms with E-state index in [1.54, 1.807) is 6.92 Å². The molecule has 2 nitrogen and oxygen atoms in total. The maximum Gasteiger partial charge on any atom is 0.416 e. The summed E-state index contributed by atoms with van der Waals surface area (Å²) in [5.41, 5.74) is 6.02. The number of nitrogens with two attached hydrogens (primary N) is 1. The number of hydrogen-bond acceptors (Lipinski definition) is 2. The number of anilines is 1. The van der Waals surface area contributed by atoms with Gasteiger partial charge in [-0.15, -0.1) is 0 Å². The van der Waals surface area contributed by atoms with Crippen LogP contribution in [-0.4, -0.2) is 13.1 Å². The molecule has 0 aliphatic carbocycles. The minimum atomic E-state index is -4.28. The lowest BCUT2D eigenvalue weighted by atomic mass is 10.1. The minimum absolute atomic E-state index is 0.562. The number of rotatable bonds is 4. The molecule has 0 unspecified atom stereocenters. The summed E-state index contributed by atoms with van der Waals surface area (Å²) in [5.74, 6) is 0. The molecule has 0 atom stereocenters. The summed E-state index contributed by atoms with van der Waals surface area (Å²) in [6, 6.07) is 3.68. The smallest absolute Gasteiger partial charge is 0.385 e. The van der Waals surface area contributed by atoms with Crippen molar-refractivity contribution in [1.82, 2.24) is 0 Å². The number of benzene rings is 1. The maximum absolute atomic E-state index is 12.4. The topological polar surface area (TPSA) is 38.0 Å². The molecule has 90 valence electrons. The summed E-state index contributed by atoms with van der Waals surface area (Å²) < 4.78 is 37.1. The summed E-state index contributed by atoms with van der Waals surface area (Å²) in [6.45, 7) is 2.88. The van der Waals surface area contributed by atoms with E-state index in [1.807, 2.05) is 0 Å². The van der Waals surface area contributed by atoms with E-state index in [2.05, 4.69) is 5.32 Å². The van der Waals surface area contributed by atoms with Gasteiger partial charge in [-0.3, -0.25) is 0 Å². The van der Waals surface area contributed by atoms with E-state index in [4.69, 9.17) is 5.73 Å². The Balaban J connectivity index is 2.76. The van der Waals surface area contributed by atoms with Crippen molar-refractivity contribution in [2.75, 3.05) is 18.4 Å². The van der Waals surface area contributed by atoms with Gasteiger partial charge >= 0.3 is 6.18 Å². The first-order valence-corrected chi connectivity index (χ1v) is 5.07. The lowest BCUT2D eigenvalue weighted by Crippen LogP contribution is -2.10. The highest BCUT2D eigenvalue weighted by atomic mass is 19.4. The molecule has 0 heterocycles. The van der Waals surface area contributed by atoms with Gasteiger partial charge in [0.1, 0.15) is 0 Å². The molecular weight excluding hydrogens is 217 g/mol. The molecule has 1 aromatic rings. The first-order valence-electron chi connectivity index (χ1n) is 5.07. The number of halogens is 3. The Labute approximate surface area is 92.6 Å². The van der Waals surface area contributed by atoms with Crippen LogP contribution >= 0.6 is 0 Å². The van der Waals surface area contributed by atoms with Gasteiger partial charge in [-0.2, -0.15) is 13.2 Å². The second-order valence-corrected chi connectivity index (χ2v) is 3.60. The van der Waals surface area contributed by atoms with Crippen LogP contribution < -0.4 is 11.1 Å². The van der Waals surface area contributed by atoms with Crippen molar-refractivity contribution in [3.05, 3.63) is 29.3 Å². The predicted molar refractivity (Wildman–Crippen MR) is 58.3 cm³/mol. The Morgan fingerprint density at radius 2 is 2.00 bits per heavy atom. The van der Waals surface area contributed by atoms with Gasteiger partial charge in [0.05, 0.1) is 5.56 Å². The third kappa shape index (κ3) is 3.41. The highest BCUT2D eigenvalue weighted by Gasteiger charge is 2.30. The summed E-state index contributed by atoms with van der Waals surface area (Å²) in [7, 11) is 0. The first-order chi connectivity index (χ1) is 7.45. The van der Waals surface area contributed by atoms with Crippen molar-refractivity contribution in [2.24, 2.45) is 5.73 Å². The van der Waals surface area contributed by atoms with Crippen molar-refractivity contribution in [2.45, 2.75) is 19.5 Å². The fourth-order valence-electron chi connectivity index (χ4n) is 1.36. The zero-order valence-electron chi connectivity index (χ0n) is 9.06. The quantitative estimate of drug-likeness (QED) is 0.783. The lowest BCUT2D eigenvalue weighted by molar-refractivity contribution is -0.137.